The molecule has 2 aromatic rings. The Morgan fingerprint density at radius 3 is 2.80 bits per heavy atom. The zero-order valence-corrected chi connectivity index (χ0v) is 11.9. The summed E-state index contributed by atoms with van der Waals surface area (Å²) in [6.45, 7) is 5.97. The zero-order valence-electron chi connectivity index (χ0n) is 11.9. The van der Waals surface area contributed by atoms with Crippen molar-refractivity contribution in [3.05, 3.63) is 46.8 Å². The van der Waals surface area contributed by atoms with Crippen LogP contribution in [-0.4, -0.2) is 17.7 Å². The Labute approximate surface area is 117 Å². The van der Waals surface area contributed by atoms with Crippen molar-refractivity contribution < 1.29 is 14.1 Å². The van der Waals surface area contributed by atoms with Crippen molar-refractivity contribution in [3.63, 3.8) is 0 Å². The topological polar surface area (TPSA) is 64.4 Å². The highest BCUT2D eigenvalue weighted by Crippen LogP contribution is 2.13. The summed E-state index contributed by atoms with van der Waals surface area (Å²) in [5.74, 6) is 0.545. The first kappa shape index (κ1) is 14.3. The Balaban J connectivity index is 1.81. The Bertz CT molecular complexity index is 585. The smallest absolute Gasteiger partial charge is 0.250 e. The van der Waals surface area contributed by atoms with E-state index in [-0.39, 0.29) is 12.5 Å². The molecule has 0 atom stereocenters. The number of nitrogens with one attached hydrogen (secondary N) is 1. The number of carbonyl (C=O) groups is 1. The van der Waals surface area contributed by atoms with Crippen LogP contribution in [0.4, 0.5) is 5.69 Å². The van der Waals surface area contributed by atoms with E-state index in [9.17, 15) is 4.79 Å². The molecule has 0 aliphatic rings. The number of amides is 1. The average molecular weight is 274 g/mol. The predicted molar refractivity (Wildman–Crippen MR) is 75.4 cm³/mol. The highest BCUT2D eigenvalue weighted by Gasteiger charge is 2.10. The Morgan fingerprint density at radius 2 is 2.15 bits per heavy atom. The number of benzene rings is 1. The van der Waals surface area contributed by atoms with Gasteiger partial charge in [0, 0.05) is 11.3 Å². The molecule has 106 valence electrons. The molecule has 2 rings (SSSR count). The van der Waals surface area contributed by atoms with E-state index in [0.29, 0.717) is 6.61 Å². The Hall–Kier alpha value is -2.14. The van der Waals surface area contributed by atoms with E-state index in [1.54, 1.807) is 0 Å². The van der Waals surface area contributed by atoms with Crippen molar-refractivity contribution in [2.24, 2.45) is 0 Å². The number of ether oxygens (including phenoxy) is 1. The monoisotopic (exact) mass is 274 g/mol. The van der Waals surface area contributed by atoms with Gasteiger partial charge in [-0.15, -0.1) is 0 Å². The molecule has 0 saturated carbocycles. The minimum absolute atomic E-state index is 0.00198. The highest BCUT2D eigenvalue weighted by atomic mass is 16.5. The van der Waals surface area contributed by atoms with Crippen LogP contribution in [0.2, 0.25) is 0 Å². The van der Waals surface area contributed by atoms with Gasteiger partial charge in [-0.05, 0) is 38.5 Å². The molecular weight excluding hydrogens is 256 g/mol. The van der Waals surface area contributed by atoms with Crippen molar-refractivity contribution in [1.29, 1.82) is 0 Å². The molecule has 0 aliphatic heterocycles. The summed E-state index contributed by atoms with van der Waals surface area (Å²) in [7, 11) is 0. The van der Waals surface area contributed by atoms with E-state index in [0.717, 1.165) is 28.3 Å². The lowest BCUT2D eigenvalue weighted by atomic mass is 10.2. The number of anilines is 1. The van der Waals surface area contributed by atoms with Gasteiger partial charge in [0.15, 0.2) is 0 Å². The number of hydrogen-bond donors (Lipinski definition) is 1. The average Bonchev–Trinajstić information content (AvgIpc) is 2.70. The fraction of sp³-hybridized carbons (Fsp3) is 0.333. The normalized spacial score (nSPS) is 10.6. The van der Waals surface area contributed by atoms with Crippen LogP contribution in [0.15, 0.2) is 28.8 Å². The summed E-state index contributed by atoms with van der Waals surface area (Å²) >= 11 is 0. The number of nitrogens with zero attached hydrogens (tertiary/aromatic N) is 1. The number of carbonyl (C=O) groups excluding carboxylic acids is 1. The molecule has 0 unspecified atom stereocenters. The summed E-state index contributed by atoms with van der Waals surface area (Å²) in [4.78, 5) is 11.7. The lowest BCUT2D eigenvalue weighted by Gasteiger charge is -2.06. The number of aromatic nitrogens is 1. The van der Waals surface area contributed by atoms with Crippen molar-refractivity contribution >= 4 is 11.6 Å². The first-order chi connectivity index (χ1) is 9.56. The van der Waals surface area contributed by atoms with E-state index in [1.165, 1.54) is 0 Å². The highest BCUT2D eigenvalue weighted by molar-refractivity contribution is 5.91. The van der Waals surface area contributed by atoms with E-state index in [2.05, 4.69) is 10.5 Å². The number of rotatable bonds is 5. The van der Waals surface area contributed by atoms with Crippen LogP contribution in [0.1, 0.15) is 22.6 Å². The van der Waals surface area contributed by atoms with Crippen LogP contribution in [-0.2, 0) is 16.1 Å². The van der Waals surface area contributed by atoms with E-state index in [4.69, 9.17) is 9.26 Å². The van der Waals surface area contributed by atoms with Crippen molar-refractivity contribution in [1.82, 2.24) is 5.16 Å². The molecular formula is C15H18N2O3. The molecule has 0 radical (unpaired) electrons. The molecule has 0 spiro atoms. The molecule has 1 N–H and O–H groups in total. The number of aryl methyl sites for hydroxylation is 3. The van der Waals surface area contributed by atoms with Crippen LogP contribution >= 0.6 is 0 Å². The maximum atomic E-state index is 11.7. The third-order valence-corrected chi connectivity index (χ3v) is 2.96. The molecule has 5 nitrogen and oxygen atoms in total. The Kier molecular flexibility index (Phi) is 4.53. The third-order valence-electron chi connectivity index (χ3n) is 2.96. The van der Waals surface area contributed by atoms with Gasteiger partial charge in [0.05, 0.1) is 12.3 Å². The molecule has 1 heterocycles. The van der Waals surface area contributed by atoms with Gasteiger partial charge in [0.25, 0.3) is 0 Å². The molecule has 0 aliphatic carbocycles. The minimum Gasteiger partial charge on any atom is -0.367 e. The maximum Gasteiger partial charge on any atom is 0.250 e. The van der Waals surface area contributed by atoms with Gasteiger partial charge in [0.1, 0.15) is 12.4 Å². The maximum absolute atomic E-state index is 11.7. The largest absolute Gasteiger partial charge is 0.367 e. The van der Waals surface area contributed by atoms with Gasteiger partial charge < -0.3 is 14.6 Å². The molecule has 5 heteroatoms. The second-order valence-corrected chi connectivity index (χ2v) is 4.71. The Morgan fingerprint density at radius 1 is 1.35 bits per heavy atom. The fourth-order valence-electron chi connectivity index (χ4n) is 1.87. The number of hydrogen-bond acceptors (Lipinski definition) is 4. The van der Waals surface area contributed by atoms with E-state index >= 15 is 0 Å². The predicted octanol–water partition coefficient (Wildman–Crippen LogP) is 2.76. The molecule has 0 fully saturated rings. The summed E-state index contributed by atoms with van der Waals surface area (Å²) in [5, 5.41) is 6.62. The van der Waals surface area contributed by atoms with Gasteiger partial charge in [-0.2, -0.15) is 0 Å². The standard InChI is InChI=1S/C15H18N2O3/c1-10-5-4-6-13(7-10)16-15(18)9-19-8-14-11(2)17-20-12(14)3/h4-7H,8-9H2,1-3H3,(H,16,18). The first-order valence-electron chi connectivity index (χ1n) is 6.42. The van der Waals surface area contributed by atoms with Crippen molar-refractivity contribution in [2.75, 3.05) is 11.9 Å². The SMILES string of the molecule is Cc1cccc(NC(=O)COCc2c(C)noc2C)c1. The second-order valence-electron chi connectivity index (χ2n) is 4.71. The molecule has 1 aromatic carbocycles. The van der Waals surface area contributed by atoms with Gasteiger partial charge in [-0.3, -0.25) is 4.79 Å². The summed E-state index contributed by atoms with van der Waals surface area (Å²) in [6.07, 6.45) is 0. The van der Waals surface area contributed by atoms with Crippen LogP contribution in [0.25, 0.3) is 0 Å². The third kappa shape index (κ3) is 3.68. The van der Waals surface area contributed by atoms with Crippen LogP contribution in [0.5, 0.6) is 0 Å². The zero-order chi connectivity index (χ0) is 14.5. The van der Waals surface area contributed by atoms with Gasteiger partial charge in [-0.25, -0.2) is 0 Å². The van der Waals surface area contributed by atoms with Gasteiger partial charge in [-0.1, -0.05) is 17.3 Å². The molecule has 1 amide bonds. The van der Waals surface area contributed by atoms with Crippen molar-refractivity contribution in [2.45, 2.75) is 27.4 Å². The second kappa shape index (κ2) is 6.34. The molecule has 1 aromatic heterocycles. The fourth-order valence-corrected chi connectivity index (χ4v) is 1.87. The van der Waals surface area contributed by atoms with Gasteiger partial charge >= 0.3 is 0 Å². The first-order valence-corrected chi connectivity index (χ1v) is 6.42. The summed E-state index contributed by atoms with van der Waals surface area (Å²) in [5.41, 5.74) is 3.56. The lowest BCUT2D eigenvalue weighted by Crippen LogP contribution is -2.18. The quantitative estimate of drug-likeness (QED) is 0.910. The van der Waals surface area contributed by atoms with Crippen LogP contribution < -0.4 is 5.32 Å². The summed E-state index contributed by atoms with van der Waals surface area (Å²) < 4.78 is 10.4. The van der Waals surface area contributed by atoms with E-state index < -0.39 is 0 Å². The lowest BCUT2D eigenvalue weighted by molar-refractivity contribution is -0.121. The minimum atomic E-state index is -0.178. The van der Waals surface area contributed by atoms with Crippen LogP contribution in [0, 0.1) is 20.8 Å². The van der Waals surface area contributed by atoms with Crippen LogP contribution in [0.3, 0.4) is 0 Å². The van der Waals surface area contributed by atoms with Gasteiger partial charge in [0.2, 0.25) is 5.91 Å². The van der Waals surface area contributed by atoms with Crippen molar-refractivity contribution in [3.8, 4) is 0 Å². The van der Waals surface area contributed by atoms with E-state index in [1.807, 2.05) is 45.0 Å². The summed E-state index contributed by atoms with van der Waals surface area (Å²) in [6, 6.07) is 7.63. The molecule has 0 bridgehead atoms. The molecule has 20 heavy (non-hydrogen) atoms. The molecule has 0 saturated heterocycles.